The third kappa shape index (κ3) is 5.79. The minimum atomic E-state index is -1.74. The largest absolute Gasteiger partial charge is 0.345 e. The summed E-state index contributed by atoms with van der Waals surface area (Å²) in [6.45, 7) is 2.71. The Bertz CT molecular complexity index is 949. The van der Waals surface area contributed by atoms with Crippen molar-refractivity contribution < 1.29 is 31.9 Å². The van der Waals surface area contributed by atoms with Crippen LogP contribution >= 0.6 is 0 Å². The molecule has 1 atom stereocenters. The first-order valence-electron chi connectivity index (χ1n) is 8.87. The van der Waals surface area contributed by atoms with Gasteiger partial charge in [0.05, 0.1) is 12.2 Å². The van der Waals surface area contributed by atoms with E-state index in [1.165, 1.54) is 12.1 Å². The van der Waals surface area contributed by atoms with Crippen LogP contribution in [0.25, 0.3) is 0 Å². The highest BCUT2D eigenvalue weighted by Gasteiger charge is 2.25. The lowest BCUT2D eigenvalue weighted by atomic mass is 10.0. The van der Waals surface area contributed by atoms with Crippen molar-refractivity contribution in [2.75, 3.05) is 11.9 Å². The monoisotopic (exact) mass is 425 g/mol. The fourth-order valence-electron chi connectivity index (χ4n) is 2.45. The summed E-state index contributed by atoms with van der Waals surface area (Å²) >= 11 is 0. The van der Waals surface area contributed by atoms with Gasteiger partial charge in [-0.2, -0.15) is 0 Å². The molecular weight excluding hydrogens is 406 g/mol. The van der Waals surface area contributed by atoms with Gasteiger partial charge in [0, 0.05) is 5.56 Å². The van der Waals surface area contributed by atoms with E-state index in [9.17, 15) is 31.9 Å². The lowest BCUT2D eigenvalue weighted by molar-refractivity contribution is -0.126. The van der Waals surface area contributed by atoms with Crippen LogP contribution in [0.5, 0.6) is 0 Å². The molecule has 0 aromatic heterocycles. The van der Waals surface area contributed by atoms with E-state index >= 15 is 0 Å². The SMILES string of the molecule is CC(C)C(NC(=O)c1ccc(F)cc1)C(=O)NCC(=O)Nc1ccc(F)c(F)c1F. The summed E-state index contributed by atoms with van der Waals surface area (Å²) in [6.07, 6.45) is 0. The number of amides is 3. The molecule has 1 unspecified atom stereocenters. The summed E-state index contributed by atoms with van der Waals surface area (Å²) in [5, 5.41) is 6.79. The third-order valence-corrected chi connectivity index (χ3v) is 4.07. The van der Waals surface area contributed by atoms with Crippen molar-refractivity contribution in [1.82, 2.24) is 10.6 Å². The van der Waals surface area contributed by atoms with Gasteiger partial charge in [0.2, 0.25) is 11.8 Å². The van der Waals surface area contributed by atoms with Crippen LogP contribution in [-0.2, 0) is 9.59 Å². The minimum absolute atomic E-state index is 0.140. The highest BCUT2D eigenvalue weighted by Crippen LogP contribution is 2.19. The minimum Gasteiger partial charge on any atom is -0.345 e. The van der Waals surface area contributed by atoms with Crippen LogP contribution in [0.2, 0.25) is 0 Å². The van der Waals surface area contributed by atoms with Gasteiger partial charge < -0.3 is 16.0 Å². The zero-order valence-corrected chi connectivity index (χ0v) is 16.1. The maximum atomic E-state index is 13.6. The van der Waals surface area contributed by atoms with E-state index in [1.54, 1.807) is 13.8 Å². The molecule has 0 aliphatic carbocycles. The molecule has 10 heteroatoms. The second-order valence-electron chi connectivity index (χ2n) is 6.69. The maximum Gasteiger partial charge on any atom is 0.251 e. The molecule has 160 valence electrons. The molecule has 2 rings (SSSR count). The van der Waals surface area contributed by atoms with Gasteiger partial charge in [0.1, 0.15) is 11.9 Å². The van der Waals surface area contributed by atoms with Crippen LogP contribution in [0.15, 0.2) is 36.4 Å². The summed E-state index contributed by atoms with van der Waals surface area (Å²) in [5.74, 6) is -7.79. The zero-order chi connectivity index (χ0) is 22.4. The lowest BCUT2D eigenvalue weighted by Crippen LogP contribution is -2.51. The summed E-state index contributed by atoms with van der Waals surface area (Å²) in [6, 6.07) is 5.17. The van der Waals surface area contributed by atoms with Gasteiger partial charge in [-0.25, -0.2) is 17.6 Å². The van der Waals surface area contributed by atoms with E-state index < -0.39 is 59.3 Å². The van der Waals surface area contributed by atoms with Gasteiger partial charge in [-0.3, -0.25) is 14.4 Å². The maximum absolute atomic E-state index is 13.6. The Hall–Kier alpha value is -3.43. The molecule has 3 N–H and O–H groups in total. The van der Waals surface area contributed by atoms with Gasteiger partial charge in [0.15, 0.2) is 17.5 Å². The molecule has 0 heterocycles. The normalized spacial score (nSPS) is 11.7. The molecule has 0 saturated carbocycles. The average Bonchev–Trinajstić information content (AvgIpc) is 2.70. The quantitative estimate of drug-likeness (QED) is 0.471. The lowest BCUT2D eigenvalue weighted by Gasteiger charge is -2.21. The first-order valence-corrected chi connectivity index (χ1v) is 8.87. The molecule has 0 fully saturated rings. The zero-order valence-electron chi connectivity index (χ0n) is 16.1. The van der Waals surface area contributed by atoms with Crippen molar-refractivity contribution in [1.29, 1.82) is 0 Å². The van der Waals surface area contributed by atoms with Crippen molar-refractivity contribution in [3.8, 4) is 0 Å². The molecule has 0 aliphatic rings. The van der Waals surface area contributed by atoms with E-state index in [2.05, 4.69) is 10.6 Å². The Kier molecular flexibility index (Phi) is 7.51. The molecule has 2 aromatic carbocycles. The number of hydrogen-bond donors (Lipinski definition) is 3. The van der Waals surface area contributed by atoms with E-state index in [0.717, 1.165) is 18.2 Å². The molecule has 0 bridgehead atoms. The summed E-state index contributed by atoms with van der Waals surface area (Å²) < 4.78 is 52.7. The van der Waals surface area contributed by atoms with Crippen LogP contribution in [0.3, 0.4) is 0 Å². The molecule has 30 heavy (non-hydrogen) atoms. The first kappa shape index (κ1) is 22.9. The number of nitrogens with one attached hydrogen (secondary N) is 3. The number of carbonyl (C=O) groups excluding carboxylic acids is 3. The summed E-state index contributed by atoms with van der Waals surface area (Å²) in [5.41, 5.74) is -0.445. The van der Waals surface area contributed by atoms with Crippen molar-refractivity contribution in [3.63, 3.8) is 0 Å². The van der Waals surface area contributed by atoms with E-state index in [1.807, 2.05) is 5.32 Å². The van der Waals surface area contributed by atoms with E-state index in [0.29, 0.717) is 6.07 Å². The molecular formula is C20H19F4N3O3. The smallest absolute Gasteiger partial charge is 0.251 e. The van der Waals surface area contributed by atoms with Crippen LogP contribution in [0.1, 0.15) is 24.2 Å². The predicted octanol–water partition coefficient (Wildman–Crippen LogP) is 2.75. The van der Waals surface area contributed by atoms with E-state index in [4.69, 9.17) is 0 Å². The Balaban J connectivity index is 1.96. The average molecular weight is 425 g/mol. The topological polar surface area (TPSA) is 87.3 Å². The standard InChI is InChI=1S/C20H19F4N3O3/c1-10(2)18(27-19(29)11-3-5-12(21)6-4-11)20(30)25-9-15(28)26-14-8-7-13(22)16(23)17(14)24/h3-8,10,18H,9H2,1-2H3,(H,25,30)(H,26,28)(H,27,29). The van der Waals surface area contributed by atoms with Gasteiger partial charge >= 0.3 is 0 Å². The number of benzene rings is 2. The Morgan fingerprint density at radius 2 is 1.53 bits per heavy atom. The second kappa shape index (κ2) is 9.86. The van der Waals surface area contributed by atoms with Crippen LogP contribution < -0.4 is 16.0 Å². The number of anilines is 1. The molecule has 2 aromatic rings. The van der Waals surface area contributed by atoms with Crippen LogP contribution in [-0.4, -0.2) is 30.3 Å². The van der Waals surface area contributed by atoms with E-state index in [-0.39, 0.29) is 11.5 Å². The third-order valence-electron chi connectivity index (χ3n) is 4.07. The first-order chi connectivity index (χ1) is 14.1. The van der Waals surface area contributed by atoms with Gasteiger partial charge in [-0.15, -0.1) is 0 Å². The van der Waals surface area contributed by atoms with Gasteiger partial charge in [-0.05, 0) is 42.3 Å². The summed E-state index contributed by atoms with van der Waals surface area (Å²) in [4.78, 5) is 36.5. The molecule has 6 nitrogen and oxygen atoms in total. The van der Waals surface area contributed by atoms with Crippen molar-refractivity contribution in [2.24, 2.45) is 5.92 Å². The van der Waals surface area contributed by atoms with Gasteiger partial charge in [-0.1, -0.05) is 13.8 Å². The van der Waals surface area contributed by atoms with Crippen molar-refractivity contribution in [2.45, 2.75) is 19.9 Å². The molecule has 0 spiro atoms. The van der Waals surface area contributed by atoms with Crippen LogP contribution in [0, 0.1) is 29.2 Å². The van der Waals surface area contributed by atoms with Crippen molar-refractivity contribution >= 4 is 23.4 Å². The van der Waals surface area contributed by atoms with Crippen molar-refractivity contribution in [3.05, 3.63) is 65.2 Å². The molecule has 0 radical (unpaired) electrons. The summed E-state index contributed by atoms with van der Waals surface area (Å²) in [7, 11) is 0. The Morgan fingerprint density at radius 3 is 2.13 bits per heavy atom. The number of hydrogen-bond acceptors (Lipinski definition) is 3. The Morgan fingerprint density at radius 1 is 0.900 bits per heavy atom. The molecule has 3 amide bonds. The highest BCUT2D eigenvalue weighted by atomic mass is 19.2. The fraction of sp³-hybridized carbons (Fsp3) is 0.250. The van der Waals surface area contributed by atoms with Crippen LogP contribution in [0.4, 0.5) is 23.2 Å². The number of rotatable bonds is 7. The number of carbonyl (C=O) groups is 3. The molecule has 0 aliphatic heterocycles. The Labute approximate surface area is 169 Å². The number of halogens is 4. The fourth-order valence-corrected chi connectivity index (χ4v) is 2.45. The highest BCUT2D eigenvalue weighted by molar-refractivity contribution is 5.99. The molecule has 0 saturated heterocycles. The predicted molar refractivity (Wildman–Crippen MR) is 100 cm³/mol. The second-order valence-corrected chi connectivity index (χ2v) is 6.69. The van der Waals surface area contributed by atoms with Gasteiger partial charge in [0.25, 0.3) is 5.91 Å².